The van der Waals surface area contributed by atoms with E-state index in [0.29, 0.717) is 12.5 Å². The molecule has 1 aliphatic carbocycles. The van der Waals surface area contributed by atoms with E-state index in [2.05, 4.69) is 36.3 Å². The second kappa shape index (κ2) is 5.85. The highest BCUT2D eigenvalue weighted by atomic mass is 16.6. The molecule has 0 aliphatic heterocycles. The lowest BCUT2D eigenvalue weighted by Crippen LogP contribution is -2.14. The summed E-state index contributed by atoms with van der Waals surface area (Å²) in [7, 11) is 0. The maximum atomic E-state index is 5.16. The van der Waals surface area contributed by atoms with Gasteiger partial charge in [0.1, 0.15) is 6.61 Å². The molecule has 2 rings (SSSR count). The summed E-state index contributed by atoms with van der Waals surface area (Å²) in [5, 5.41) is 4.21. The Labute approximate surface area is 104 Å². The van der Waals surface area contributed by atoms with Gasteiger partial charge in [0.2, 0.25) is 0 Å². The number of aryl methyl sites for hydroxylation is 1. The van der Waals surface area contributed by atoms with Crippen molar-refractivity contribution < 1.29 is 4.84 Å². The van der Waals surface area contributed by atoms with Gasteiger partial charge in [0.15, 0.2) is 0 Å². The van der Waals surface area contributed by atoms with E-state index in [9.17, 15) is 0 Å². The quantitative estimate of drug-likeness (QED) is 0.719. The zero-order valence-electron chi connectivity index (χ0n) is 10.8. The summed E-state index contributed by atoms with van der Waals surface area (Å²) in [6, 6.07) is 8.90. The van der Waals surface area contributed by atoms with Crippen molar-refractivity contribution in [1.29, 1.82) is 0 Å². The molecule has 1 fully saturated rings. The molecule has 17 heavy (non-hydrogen) atoms. The third-order valence-electron chi connectivity index (χ3n) is 3.37. The first-order chi connectivity index (χ1) is 8.29. The van der Waals surface area contributed by atoms with Gasteiger partial charge in [-0.05, 0) is 51.0 Å². The van der Waals surface area contributed by atoms with E-state index in [0.717, 1.165) is 12.8 Å². The standard InChI is InChI=1S/C15H21NO/c1-3-17-16-15-6-4-5-14(11-15)13-9-7-12(2)8-10-13/h7-10,14H,3-6,11H2,1-2H3. The molecule has 0 spiro atoms. The predicted octanol–water partition coefficient (Wildman–Crippen LogP) is 4.05. The summed E-state index contributed by atoms with van der Waals surface area (Å²) in [6.07, 6.45) is 4.66. The van der Waals surface area contributed by atoms with Crippen molar-refractivity contribution >= 4 is 5.71 Å². The van der Waals surface area contributed by atoms with Crippen LogP contribution in [-0.4, -0.2) is 12.3 Å². The van der Waals surface area contributed by atoms with Gasteiger partial charge in [0, 0.05) is 0 Å². The van der Waals surface area contributed by atoms with E-state index in [1.165, 1.54) is 29.7 Å². The van der Waals surface area contributed by atoms with Gasteiger partial charge in [0.25, 0.3) is 0 Å². The van der Waals surface area contributed by atoms with Crippen LogP contribution in [-0.2, 0) is 4.84 Å². The third-order valence-corrected chi connectivity index (χ3v) is 3.37. The van der Waals surface area contributed by atoms with Crippen LogP contribution in [0.3, 0.4) is 0 Å². The van der Waals surface area contributed by atoms with Crippen LogP contribution >= 0.6 is 0 Å². The average molecular weight is 231 g/mol. The normalized spacial score (nSPS) is 22.7. The third kappa shape index (κ3) is 3.32. The first-order valence-corrected chi connectivity index (χ1v) is 6.54. The van der Waals surface area contributed by atoms with Gasteiger partial charge in [-0.25, -0.2) is 0 Å². The average Bonchev–Trinajstić information content (AvgIpc) is 2.37. The van der Waals surface area contributed by atoms with Gasteiger partial charge in [-0.2, -0.15) is 0 Å². The van der Waals surface area contributed by atoms with Gasteiger partial charge in [-0.15, -0.1) is 0 Å². The Morgan fingerprint density at radius 2 is 2.06 bits per heavy atom. The zero-order valence-corrected chi connectivity index (χ0v) is 10.8. The van der Waals surface area contributed by atoms with Crippen LogP contribution in [0.4, 0.5) is 0 Å². The fraction of sp³-hybridized carbons (Fsp3) is 0.533. The van der Waals surface area contributed by atoms with E-state index in [-0.39, 0.29) is 0 Å². The molecule has 0 N–H and O–H groups in total. The molecule has 2 nitrogen and oxygen atoms in total. The molecular formula is C15H21NO. The van der Waals surface area contributed by atoms with Crippen molar-refractivity contribution in [3.05, 3.63) is 35.4 Å². The summed E-state index contributed by atoms with van der Waals surface area (Å²) in [6.45, 7) is 4.77. The van der Waals surface area contributed by atoms with Crippen LogP contribution in [0.2, 0.25) is 0 Å². The Morgan fingerprint density at radius 3 is 2.76 bits per heavy atom. The minimum atomic E-state index is 0.628. The van der Waals surface area contributed by atoms with Gasteiger partial charge >= 0.3 is 0 Å². The van der Waals surface area contributed by atoms with Crippen molar-refractivity contribution in [1.82, 2.24) is 0 Å². The minimum Gasteiger partial charge on any atom is -0.396 e. The first-order valence-electron chi connectivity index (χ1n) is 6.54. The molecule has 2 heteroatoms. The predicted molar refractivity (Wildman–Crippen MR) is 71.4 cm³/mol. The molecule has 1 aromatic rings. The zero-order chi connectivity index (χ0) is 12.1. The van der Waals surface area contributed by atoms with Crippen molar-refractivity contribution in [2.24, 2.45) is 5.16 Å². The summed E-state index contributed by atoms with van der Waals surface area (Å²) in [4.78, 5) is 5.16. The van der Waals surface area contributed by atoms with E-state index < -0.39 is 0 Å². The Kier molecular flexibility index (Phi) is 4.18. The number of oxime groups is 1. The van der Waals surface area contributed by atoms with E-state index in [4.69, 9.17) is 4.84 Å². The molecule has 0 heterocycles. The Morgan fingerprint density at radius 1 is 1.29 bits per heavy atom. The molecule has 0 aromatic heterocycles. The van der Waals surface area contributed by atoms with E-state index >= 15 is 0 Å². The highest BCUT2D eigenvalue weighted by Crippen LogP contribution is 2.31. The molecule has 0 radical (unpaired) electrons. The molecule has 1 aliphatic rings. The van der Waals surface area contributed by atoms with E-state index in [1.54, 1.807) is 0 Å². The van der Waals surface area contributed by atoms with Gasteiger partial charge < -0.3 is 4.84 Å². The molecule has 1 atom stereocenters. The molecule has 0 bridgehead atoms. The maximum absolute atomic E-state index is 5.16. The lowest BCUT2D eigenvalue weighted by molar-refractivity contribution is 0.156. The molecular weight excluding hydrogens is 210 g/mol. The lowest BCUT2D eigenvalue weighted by Gasteiger charge is -2.23. The monoisotopic (exact) mass is 231 g/mol. The SMILES string of the molecule is CCON=C1CCCC(c2ccc(C)cc2)C1. The number of hydrogen-bond donors (Lipinski definition) is 0. The van der Waals surface area contributed by atoms with Gasteiger partial charge in [-0.3, -0.25) is 0 Å². The summed E-state index contributed by atoms with van der Waals surface area (Å²) < 4.78 is 0. The van der Waals surface area contributed by atoms with Crippen LogP contribution in [0.5, 0.6) is 0 Å². The van der Waals surface area contributed by atoms with Crippen molar-refractivity contribution in [3.8, 4) is 0 Å². The highest BCUT2D eigenvalue weighted by molar-refractivity contribution is 5.85. The minimum absolute atomic E-state index is 0.628. The second-order valence-electron chi connectivity index (χ2n) is 4.78. The summed E-state index contributed by atoms with van der Waals surface area (Å²) >= 11 is 0. The first kappa shape index (κ1) is 12.2. The molecule has 0 amide bonds. The van der Waals surface area contributed by atoms with Crippen LogP contribution in [0.25, 0.3) is 0 Å². The van der Waals surface area contributed by atoms with Crippen molar-refractivity contribution in [3.63, 3.8) is 0 Å². The fourth-order valence-corrected chi connectivity index (χ4v) is 2.40. The van der Waals surface area contributed by atoms with Crippen molar-refractivity contribution in [2.75, 3.05) is 6.61 Å². The molecule has 1 saturated carbocycles. The Balaban J connectivity index is 2.04. The van der Waals surface area contributed by atoms with Crippen molar-refractivity contribution in [2.45, 2.75) is 45.4 Å². The molecule has 0 saturated heterocycles. The maximum Gasteiger partial charge on any atom is 0.114 e. The smallest absolute Gasteiger partial charge is 0.114 e. The van der Waals surface area contributed by atoms with Crippen LogP contribution in [0.15, 0.2) is 29.4 Å². The summed E-state index contributed by atoms with van der Waals surface area (Å²) in [5.41, 5.74) is 4.00. The van der Waals surface area contributed by atoms with Crippen LogP contribution in [0, 0.1) is 6.92 Å². The van der Waals surface area contributed by atoms with Gasteiger partial charge in [0.05, 0.1) is 5.71 Å². The highest BCUT2D eigenvalue weighted by Gasteiger charge is 2.20. The molecule has 1 aromatic carbocycles. The van der Waals surface area contributed by atoms with E-state index in [1.807, 2.05) is 6.92 Å². The lowest BCUT2D eigenvalue weighted by atomic mass is 9.83. The summed E-state index contributed by atoms with van der Waals surface area (Å²) in [5.74, 6) is 0.628. The number of nitrogens with zero attached hydrogens (tertiary/aromatic N) is 1. The number of benzene rings is 1. The van der Waals surface area contributed by atoms with Gasteiger partial charge in [-0.1, -0.05) is 35.0 Å². The Hall–Kier alpha value is -1.31. The molecule has 1 unspecified atom stereocenters. The number of hydrogen-bond acceptors (Lipinski definition) is 2. The van der Waals surface area contributed by atoms with Crippen LogP contribution in [0.1, 0.15) is 49.7 Å². The molecule has 92 valence electrons. The topological polar surface area (TPSA) is 21.6 Å². The second-order valence-corrected chi connectivity index (χ2v) is 4.78. The Bertz CT molecular complexity index is 380. The largest absolute Gasteiger partial charge is 0.396 e. The number of rotatable bonds is 3. The van der Waals surface area contributed by atoms with Crippen LogP contribution < -0.4 is 0 Å². The fourth-order valence-electron chi connectivity index (χ4n) is 2.40.